The highest BCUT2D eigenvalue weighted by Crippen LogP contribution is 2.55. The Bertz CT molecular complexity index is 2860. The van der Waals surface area contributed by atoms with E-state index >= 15 is 0 Å². The van der Waals surface area contributed by atoms with Gasteiger partial charge in [0.15, 0.2) is 5.75 Å². The lowest BCUT2D eigenvalue weighted by Crippen LogP contribution is -2.54. The Morgan fingerprint density at radius 1 is 1.03 bits per heavy atom. The summed E-state index contributed by atoms with van der Waals surface area (Å²) in [4.78, 5) is 38.5. The number of carbonyl (C=O) groups is 1. The first-order chi connectivity index (χ1) is 33.1. The second-order valence-electron chi connectivity index (χ2n) is 20.6. The lowest BCUT2D eigenvalue weighted by Gasteiger charge is -2.56. The standard InChI is InChI=1S/C52H62N6O9S2/c1-32(2)39-8-5-6-9-40(39)42-10-7-21-57(42)36-29-52(30-36)18-22-56(23-19-52)35-11-12-41(44(26-35)67-46-25-34-15-20-53-48(34)54-50(46)65-4)49(59)55-69(63,64)38-27-43(58(61)62)47-45(28-38)66-31-37(68-47)24-33-13-16-51(3,60)17-14-33/h5-6,8-9,11-12,15,20,25-28,32-33,36-37,42,60H,7,10,13-14,16-19,21-24,29-31H2,1-4H3,(H,53,54)(H,55,59)/t33-,37-,42-,51-/m0/s1. The number of aromatic nitrogens is 2. The number of hydrogen-bond donors (Lipinski definition) is 3. The van der Waals surface area contributed by atoms with Gasteiger partial charge >= 0.3 is 0 Å². The largest absolute Gasteiger partial charge is 0.491 e. The molecule has 2 aromatic heterocycles. The van der Waals surface area contributed by atoms with E-state index in [1.165, 1.54) is 61.7 Å². The van der Waals surface area contributed by atoms with Gasteiger partial charge in [-0.15, -0.1) is 11.8 Å². The average molecular weight is 979 g/mol. The van der Waals surface area contributed by atoms with Crippen LogP contribution in [0.4, 0.5) is 11.4 Å². The monoisotopic (exact) mass is 978 g/mol. The van der Waals surface area contributed by atoms with Crippen molar-refractivity contribution < 1.29 is 37.5 Å². The molecule has 5 aromatic rings. The van der Waals surface area contributed by atoms with E-state index in [0.29, 0.717) is 42.4 Å². The van der Waals surface area contributed by atoms with Crippen molar-refractivity contribution >= 4 is 50.1 Å². The number of likely N-dealkylation sites (tertiary alicyclic amines) is 1. The van der Waals surface area contributed by atoms with Crippen LogP contribution in [0, 0.1) is 21.4 Å². The van der Waals surface area contributed by atoms with Crippen molar-refractivity contribution in [3.8, 4) is 23.1 Å². The number of carbonyl (C=O) groups excluding carboxylic acids is 1. The van der Waals surface area contributed by atoms with Crippen LogP contribution in [0.5, 0.6) is 23.1 Å². The first kappa shape index (κ1) is 47.3. The number of hydrogen-bond acceptors (Lipinski definition) is 13. The van der Waals surface area contributed by atoms with Crippen molar-refractivity contribution in [1.82, 2.24) is 19.6 Å². The molecule has 2 atom stereocenters. The van der Waals surface area contributed by atoms with E-state index < -0.39 is 37.0 Å². The van der Waals surface area contributed by atoms with Crippen LogP contribution in [0.15, 0.2) is 82.7 Å². The van der Waals surface area contributed by atoms with Gasteiger partial charge in [-0.1, -0.05) is 38.1 Å². The number of fused-ring (bicyclic) bond motifs is 2. The molecule has 0 unspecified atom stereocenters. The highest BCUT2D eigenvalue weighted by Gasteiger charge is 2.50. The summed E-state index contributed by atoms with van der Waals surface area (Å²) in [5, 5.41) is 23.5. The maximum absolute atomic E-state index is 14.2. The van der Waals surface area contributed by atoms with Crippen LogP contribution in [0.2, 0.25) is 0 Å². The number of rotatable bonds is 13. The number of aliphatic hydroxyl groups is 1. The summed E-state index contributed by atoms with van der Waals surface area (Å²) in [6.07, 6.45) is 12.4. The molecule has 17 heteroatoms. The quantitative estimate of drug-likeness (QED) is 0.0747. The van der Waals surface area contributed by atoms with Crippen LogP contribution in [0.1, 0.15) is 125 Å². The molecule has 3 aromatic carbocycles. The Balaban J connectivity index is 0.865. The molecule has 5 heterocycles. The first-order valence-corrected chi connectivity index (χ1v) is 26.8. The predicted molar refractivity (Wildman–Crippen MR) is 265 cm³/mol. The van der Waals surface area contributed by atoms with Crippen LogP contribution >= 0.6 is 11.8 Å². The predicted octanol–water partition coefficient (Wildman–Crippen LogP) is 10.3. The zero-order valence-electron chi connectivity index (χ0n) is 39.7. The Hall–Kier alpha value is -5.36. The maximum Gasteiger partial charge on any atom is 0.288 e. The highest BCUT2D eigenvalue weighted by molar-refractivity contribution is 8.00. The lowest BCUT2D eigenvalue weighted by atomic mass is 9.59. The molecule has 4 fully saturated rings. The molecule has 3 aliphatic heterocycles. The lowest BCUT2D eigenvalue weighted by molar-refractivity contribution is -0.388. The molecule has 3 N–H and O–H groups in total. The molecule has 10 rings (SSSR count). The molecular weight excluding hydrogens is 917 g/mol. The molecule has 366 valence electrons. The Labute approximate surface area is 407 Å². The number of H-pyrrole nitrogens is 1. The van der Waals surface area contributed by atoms with Crippen LogP contribution in [-0.2, 0) is 10.0 Å². The second kappa shape index (κ2) is 18.8. The van der Waals surface area contributed by atoms with Crippen molar-refractivity contribution in [2.45, 2.75) is 130 Å². The number of nitro groups is 1. The maximum atomic E-state index is 14.2. The Morgan fingerprint density at radius 2 is 1.80 bits per heavy atom. The summed E-state index contributed by atoms with van der Waals surface area (Å²) in [5.41, 5.74) is 3.47. The second-order valence-corrected chi connectivity index (χ2v) is 23.6. The van der Waals surface area contributed by atoms with E-state index in [9.17, 15) is 28.4 Å². The van der Waals surface area contributed by atoms with E-state index in [-0.39, 0.29) is 50.9 Å². The van der Waals surface area contributed by atoms with Crippen LogP contribution in [-0.4, -0.2) is 89.5 Å². The minimum Gasteiger partial charge on any atom is -0.491 e. The minimum atomic E-state index is -4.67. The summed E-state index contributed by atoms with van der Waals surface area (Å²) in [5.74, 6) is 0.395. The number of nitrogens with zero attached hydrogens (tertiary/aromatic N) is 4. The molecule has 2 saturated carbocycles. The van der Waals surface area contributed by atoms with Gasteiger partial charge in [-0.05, 0) is 137 Å². The third-order valence-corrected chi connectivity index (χ3v) is 18.2. The SMILES string of the molecule is COc1nc2[nH]ccc2cc1Oc1cc(N2CCC3(CC2)CC(N2CCC[C@H]2c2ccccc2C(C)C)C3)ccc1C(=O)NS(=O)(=O)c1cc2c(c([N+](=O)[O-])c1)S[C@@H](C[C@H]1CC[C@](C)(O)CC1)CO2. The summed E-state index contributed by atoms with van der Waals surface area (Å²) in [6.45, 7) is 9.42. The first-order valence-electron chi connectivity index (χ1n) is 24.4. The van der Waals surface area contributed by atoms with Crippen LogP contribution in [0.3, 0.4) is 0 Å². The van der Waals surface area contributed by atoms with E-state index in [1.807, 2.05) is 19.1 Å². The Morgan fingerprint density at radius 3 is 2.54 bits per heavy atom. The summed E-state index contributed by atoms with van der Waals surface area (Å²) in [7, 11) is -3.21. The van der Waals surface area contributed by atoms with Crippen molar-refractivity contribution in [3.63, 3.8) is 0 Å². The molecule has 2 aliphatic carbocycles. The molecule has 69 heavy (non-hydrogen) atoms. The number of pyridine rings is 1. The smallest absolute Gasteiger partial charge is 0.288 e. The van der Waals surface area contributed by atoms with E-state index in [2.05, 4.69) is 62.6 Å². The van der Waals surface area contributed by atoms with Crippen molar-refractivity contribution in [2.24, 2.45) is 11.3 Å². The molecule has 1 spiro atoms. The number of methoxy groups -OCH3 is 1. The fourth-order valence-corrected chi connectivity index (χ4v) is 14.0. The minimum absolute atomic E-state index is 0.0700. The van der Waals surface area contributed by atoms with E-state index in [0.717, 1.165) is 68.9 Å². The van der Waals surface area contributed by atoms with Gasteiger partial charge in [-0.3, -0.25) is 19.8 Å². The van der Waals surface area contributed by atoms with Gasteiger partial charge in [0.25, 0.3) is 27.5 Å². The normalized spacial score (nSPS) is 23.9. The topological polar surface area (TPSA) is 189 Å². The van der Waals surface area contributed by atoms with Crippen molar-refractivity contribution in [1.29, 1.82) is 0 Å². The molecule has 1 amide bonds. The molecule has 0 radical (unpaired) electrons. The molecule has 0 bridgehead atoms. The van der Waals surface area contributed by atoms with Crippen LogP contribution < -0.4 is 23.8 Å². The molecular formula is C52H62N6O9S2. The zero-order valence-corrected chi connectivity index (χ0v) is 41.4. The van der Waals surface area contributed by atoms with Gasteiger partial charge in [0.05, 0.1) is 28.1 Å². The van der Waals surface area contributed by atoms with Crippen molar-refractivity contribution in [3.05, 3.63) is 99.7 Å². The number of nitrogens with one attached hydrogen (secondary N) is 2. The number of nitro benzene ring substituents is 1. The molecule has 5 aliphatic rings. The summed E-state index contributed by atoms with van der Waals surface area (Å²) >= 11 is 1.31. The van der Waals surface area contributed by atoms with Gasteiger partial charge in [0.2, 0.25) is 0 Å². The number of sulfonamides is 1. The van der Waals surface area contributed by atoms with E-state index in [4.69, 9.17) is 14.2 Å². The van der Waals surface area contributed by atoms with Gasteiger partial charge in [0.1, 0.15) is 28.6 Å². The average Bonchev–Trinajstić information content (AvgIpc) is 4.00. The van der Waals surface area contributed by atoms with Gasteiger partial charge in [0, 0.05) is 65.9 Å². The number of thioether (sulfide) groups is 1. The van der Waals surface area contributed by atoms with Gasteiger partial charge < -0.3 is 29.2 Å². The number of amides is 1. The van der Waals surface area contributed by atoms with E-state index in [1.54, 1.807) is 24.4 Å². The molecule has 2 saturated heterocycles. The fourth-order valence-electron chi connectivity index (χ4n) is 11.7. The third-order valence-electron chi connectivity index (χ3n) is 15.6. The number of ether oxygens (including phenoxy) is 3. The van der Waals surface area contributed by atoms with Gasteiger partial charge in [-0.25, -0.2) is 13.1 Å². The fraction of sp³-hybridized carbons (Fsp3) is 0.500. The zero-order chi connectivity index (χ0) is 48.2. The summed E-state index contributed by atoms with van der Waals surface area (Å²) in [6, 6.07) is 20.9. The number of piperidine rings is 1. The number of benzene rings is 3. The summed E-state index contributed by atoms with van der Waals surface area (Å²) < 4.78 is 48.4. The van der Waals surface area contributed by atoms with Crippen LogP contribution in [0.25, 0.3) is 11.0 Å². The number of aromatic amines is 1. The van der Waals surface area contributed by atoms with Crippen molar-refractivity contribution in [2.75, 3.05) is 38.3 Å². The molecule has 15 nitrogen and oxygen atoms in total. The highest BCUT2D eigenvalue weighted by atomic mass is 32.2. The Kier molecular flexibility index (Phi) is 12.9. The number of anilines is 1. The third kappa shape index (κ3) is 9.63. The van der Waals surface area contributed by atoms with Gasteiger partial charge in [-0.2, -0.15) is 4.98 Å².